The van der Waals surface area contributed by atoms with Gasteiger partial charge in [-0.1, -0.05) is 11.6 Å². The van der Waals surface area contributed by atoms with E-state index in [1.54, 1.807) is 0 Å². The van der Waals surface area contributed by atoms with Crippen molar-refractivity contribution < 1.29 is 18.0 Å². The van der Waals surface area contributed by atoms with E-state index in [9.17, 15) is 22.8 Å². The molecule has 0 radical (unpaired) electrons. The third kappa shape index (κ3) is 5.81. The van der Waals surface area contributed by atoms with Gasteiger partial charge in [-0.25, -0.2) is 13.1 Å². The fourth-order valence-corrected chi connectivity index (χ4v) is 3.51. The minimum absolute atomic E-state index is 0.0607. The number of rotatable bonds is 7. The molecule has 0 saturated heterocycles. The molecule has 0 bridgehead atoms. The summed E-state index contributed by atoms with van der Waals surface area (Å²) in [5.41, 5.74) is 4.71. The van der Waals surface area contributed by atoms with Crippen LogP contribution in [-0.4, -0.2) is 42.0 Å². The van der Waals surface area contributed by atoms with Crippen LogP contribution in [-0.2, 0) is 26.0 Å². The summed E-state index contributed by atoms with van der Waals surface area (Å²) in [6, 6.07) is 5.58. The highest BCUT2D eigenvalue weighted by Crippen LogP contribution is 2.22. The number of amides is 2. The predicted octanol–water partition coefficient (Wildman–Crippen LogP) is 0.516. The van der Waals surface area contributed by atoms with Gasteiger partial charge in [0, 0.05) is 11.9 Å². The first kappa shape index (κ1) is 20.9. The third-order valence-electron chi connectivity index (χ3n) is 3.18. The summed E-state index contributed by atoms with van der Waals surface area (Å²) in [7, 11) is -3.34. The van der Waals surface area contributed by atoms with Gasteiger partial charge in [-0.15, -0.1) is 11.8 Å². The van der Waals surface area contributed by atoms with Crippen molar-refractivity contribution in [1.82, 2.24) is 9.78 Å². The lowest BCUT2D eigenvalue weighted by Crippen LogP contribution is -2.30. The summed E-state index contributed by atoms with van der Waals surface area (Å²) in [5, 5.41) is 6.21. The molecule has 1 heterocycles. The molecule has 0 unspecified atom stereocenters. The van der Waals surface area contributed by atoms with E-state index in [0.29, 0.717) is 5.69 Å². The van der Waals surface area contributed by atoms with Crippen LogP contribution in [0, 0.1) is 0 Å². The van der Waals surface area contributed by atoms with Crippen molar-refractivity contribution in [2.75, 3.05) is 17.3 Å². The van der Waals surface area contributed by atoms with E-state index in [1.165, 1.54) is 30.5 Å². The molecule has 0 atom stereocenters. The molecule has 0 aliphatic heterocycles. The summed E-state index contributed by atoms with van der Waals surface area (Å²) < 4.78 is 23.7. The highest BCUT2D eigenvalue weighted by Gasteiger charge is 2.14. The van der Waals surface area contributed by atoms with Gasteiger partial charge < -0.3 is 11.1 Å². The van der Waals surface area contributed by atoms with Crippen molar-refractivity contribution in [3.05, 3.63) is 45.8 Å². The molecule has 2 aromatic rings. The number of primary amides is 1. The Morgan fingerprint density at radius 1 is 1.30 bits per heavy atom. The molecule has 1 aromatic heterocycles. The van der Waals surface area contributed by atoms with Gasteiger partial charge in [0.1, 0.15) is 11.6 Å². The molecule has 1 aromatic carbocycles. The van der Waals surface area contributed by atoms with Crippen LogP contribution in [0.25, 0.3) is 0 Å². The Morgan fingerprint density at radius 3 is 2.48 bits per heavy atom. The van der Waals surface area contributed by atoms with Crippen molar-refractivity contribution in [2.45, 2.75) is 16.3 Å². The van der Waals surface area contributed by atoms with Crippen LogP contribution in [0.5, 0.6) is 0 Å². The number of nitrogens with two attached hydrogens (primary N) is 1. The maximum Gasteiger partial charge on any atom is 0.287 e. The molecular formula is C15H15ClN4O5S2. The van der Waals surface area contributed by atoms with Crippen LogP contribution < -0.4 is 16.6 Å². The van der Waals surface area contributed by atoms with E-state index in [4.69, 9.17) is 17.3 Å². The minimum Gasteiger partial charge on any atom is -0.369 e. The van der Waals surface area contributed by atoms with E-state index in [2.05, 4.69) is 10.4 Å². The van der Waals surface area contributed by atoms with Crippen LogP contribution in [0.15, 0.2) is 45.0 Å². The lowest BCUT2D eigenvalue weighted by molar-refractivity contribution is -0.117. The smallest absolute Gasteiger partial charge is 0.287 e. The largest absolute Gasteiger partial charge is 0.369 e. The molecule has 0 fully saturated rings. The van der Waals surface area contributed by atoms with Crippen LogP contribution in [0.4, 0.5) is 5.69 Å². The Balaban J connectivity index is 2.08. The molecular weight excluding hydrogens is 416 g/mol. The first-order chi connectivity index (χ1) is 12.6. The summed E-state index contributed by atoms with van der Waals surface area (Å²) in [5.74, 6) is -1.18. The van der Waals surface area contributed by atoms with Gasteiger partial charge in [0.15, 0.2) is 9.84 Å². The fraction of sp³-hybridized carbons (Fsp3) is 0.200. The fourth-order valence-electron chi connectivity index (χ4n) is 1.93. The molecule has 2 amide bonds. The van der Waals surface area contributed by atoms with E-state index in [1.807, 2.05) is 0 Å². The van der Waals surface area contributed by atoms with Crippen LogP contribution in [0.1, 0.15) is 0 Å². The van der Waals surface area contributed by atoms with Gasteiger partial charge in [-0.05, 0) is 24.3 Å². The molecule has 0 aliphatic carbocycles. The molecule has 144 valence electrons. The Morgan fingerprint density at radius 2 is 1.93 bits per heavy atom. The summed E-state index contributed by atoms with van der Waals surface area (Å²) in [6.07, 6.45) is 2.35. The van der Waals surface area contributed by atoms with Crippen molar-refractivity contribution in [3.63, 3.8) is 0 Å². The summed E-state index contributed by atoms with van der Waals surface area (Å²) in [6.45, 7) is -0.396. The normalized spacial score (nSPS) is 11.2. The Hall–Kier alpha value is -2.37. The summed E-state index contributed by atoms with van der Waals surface area (Å²) in [4.78, 5) is 35.5. The quantitative estimate of drug-likeness (QED) is 0.609. The zero-order valence-electron chi connectivity index (χ0n) is 14.0. The zero-order valence-corrected chi connectivity index (χ0v) is 16.4. The zero-order chi connectivity index (χ0) is 20.2. The average Bonchev–Trinajstić information content (AvgIpc) is 2.58. The number of hydrogen-bond acceptors (Lipinski definition) is 7. The number of aromatic nitrogens is 2. The predicted molar refractivity (Wildman–Crippen MR) is 102 cm³/mol. The number of nitrogens with one attached hydrogen (secondary N) is 1. The molecule has 0 spiro atoms. The van der Waals surface area contributed by atoms with Gasteiger partial charge in [0.2, 0.25) is 11.8 Å². The van der Waals surface area contributed by atoms with E-state index in [0.717, 1.165) is 22.7 Å². The topological polar surface area (TPSA) is 141 Å². The number of carbonyl (C=O) groups is 2. The highest BCUT2D eigenvalue weighted by molar-refractivity contribution is 8.00. The first-order valence-electron chi connectivity index (χ1n) is 7.34. The summed E-state index contributed by atoms with van der Waals surface area (Å²) >= 11 is 6.92. The van der Waals surface area contributed by atoms with Crippen LogP contribution >= 0.6 is 23.4 Å². The van der Waals surface area contributed by atoms with Crippen molar-refractivity contribution in [1.29, 1.82) is 0 Å². The van der Waals surface area contributed by atoms with Gasteiger partial charge in [-0.3, -0.25) is 14.4 Å². The molecule has 12 heteroatoms. The third-order valence-corrected chi connectivity index (χ3v) is 5.84. The molecule has 27 heavy (non-hydrogen) atoms. The van der Waals surface area contributed by atoms with Crippen LogP contribution in [0.3, 0.4) is 0 Å². The molecule has 2 rings (SSSR count). The number of anilines is 1. The van der Waals surface area contributed by atoms with Gasteiger partial charge in [-0.2, -0.15) is 5.10 Å². The SMILES string of the molecule is CS(=O)(=O)c1ccc(NC(=O)Cn2ncc(SCC(N)=O)c(Cl)c2=O)cc1. The van der Waals surface area contributed by atoms with E-state index < -0.39 is 33.8 Å². The highest BCUT2D eigenvalue weighted by atomic mass is 35.5. The van der Waals surface area contributed by atoms with Gasteiger partial charge in [0.25, 0.3) is 5.56 Å². The maximum absolute atomic E-state index is 12.2. The first-order valence-corrected chi connectivity index (χ1v) is 10.6. The second-order valence-electron chi connectivity index (χ2n) is 5.39. The Bertz CT molecular complexity index is 1040. The molecule has 3 N–H and O–H groups in total. The average molecular weight is 431 g/mol. The number of nitrogens with zero attached hydrogens (tertiary/aromatic N) is 2. The van der Waals surface area contributed by atoms with Gasteiger partial charge >= 0.3 is 0 Å². The van der Waals surface area contributed by atoms with E-state index >= 15 is 0 Å². The lowest BCUT2D eigenvalue weighted by atomic mass is 10.3. The number of thioether (sulfide) groups is 1. The van der Waals surface area contributed by atoms with Crippen molar-refractivity contribution in [2.24, 2.45) is 5.73 Å². The second kappa shape index (κ2) is 8.55. The lowest BCUT2D eigenvalue weighted by Gasteiger charge is -2.09. The molecule has 9 nitrogen and oxygen atoms in total. The minimum atomic E-state index is -3.34. The Labute approximate surface area is 163 Å². The number of benzene rings is 1. The van der Waals surface area contributed by atoms with Crippen molar-refractivity contribution >= 4 is 50.7 Å². The Kier molecular flexibility index (Phi) is 6.63. The van der Waals surface area contributed by atoms with Crippen LogP contribution in [0.2, 0.25) is 5.02 Å². The number of sulfone groups is 1. The monoisotopic (exact) mass is 430 g/mol. The molecule has 0 aliphatic rings. The maximum atomic E-state index is 12.2. The molecule has 0 saturated carbocycles. The number of halogens is 1. The van der Waals surface area contributed by atoms with Crippen molar-refractivity contribution in [3.8, 4) is 0 Å². The number of carbonyl (C=O) groups excluding carboxylic acids is 2. The second-order valence-corrected chi connectivity index (χ2v) is 8.80. The van der Waals surface area contributed by atoms with Gasteiger partial charge in [0.05, 0.1) is 21.7 Å². The number of hydrogen-bond donors (Lipinski definition) is 2. The van der Waals surface area contributed by atoms with E-state index in [-0.39, 0.29) is 20.6 Å². The standard InChI is InChI=1S/C15H15ClN4O5S2/c1-27(24,25)10-4-2-9(3-5-10)19-13(22)7-20-15(23)14(16)11(6-18-20)26-8-12(17)21/h2-6H,7-8H2,1H3,(H2,17,21)(H,19,22).